The second kappa shape index (κ2) is 6.55. The van der Waals surface area contributed by atoms with Crippen LogP contribution in [0.2, 0.25) is 0 Å². The number of carbonyl (C=O) groups excluding carboxylic acids is 1. The Morgan fingerprint density at radius 3 is 2.61 bits per heavy atom. The summed E-state index contributed by atoms with van der Waals surface area (Å²) in [5.74, 6) is 0.324. The van der Waals surface area contributed by atoms with E-state index in [1.807, 2.05) is 18.2 Å². The van der Waals surface area contributed by atoms with E-state index < -0.39 is 6.04 Å². The first-order valence-electron chi connectivity index (χ1n) is 6.60. The van der Waals surface area contributed by atoms with Crippen LogP contribution in [0.25, 0.3) is 0 Å². The molecule has 0 bridgehead atoms. The molecule has 0 spiro atoms. The Labute approximate surface area is 110 Å². The Kier molecular flexibility index (Phi) is 5.35. The molecule has 3 N–H and O–H groups in total. The molecule has 3 nitrogen and oxygen atoms in total. The van der Waals surface area contributed by atoms with Crippen molar-refractivity contribution >= 4 is 11.6 Å². The minimum Gasteiger partial charge on any atom is -0.325 e. The Bertz CT molecular complexity index is 413. The van der Waals surface area contributed by atoms with Crippen molar-refractivity contribution in [2.24, 2.45) is 11.7 Å². The van der Waals surface area contributed by atoms with Crippen LogP contribution in [-0.4, -0.2) is 11.9 Å². The number of rotatable bonds is 5. The maximum absolute atomic E-state index is 11.9. The zero-order valence-electron chi connectivity index (χ0n) is 11.8. The van der Waals surface area contributed by atoms with Crippen LogP contribution in [0.1, 0.15) is 38.3 Å². The van der Waals surface area contributed by atoms with Crippen LogP contribution < -0.4 is 11.1 Å². The summed E-state index contributed by atoms with van der Waals surface area (Å²) >= 11 is 0. The highest BCUT2D eigenvalue weighted by Gasteiger charge is 2.15. The van der Waals surface area contributed by atoms with Gasteiger partial charge in [-0.05, 0) is 48.9 Å². The van der Waals surface area contributed by atoms with Crippen LogP contribution in [-0.2, 0) is 11.2 Å². The highest BCUT2D eigenvalue weighted by molar-refractivity contribution is 5.94. The summed E-state index contributed by atoms with van der Waals surface area (Å²) in [6.07, 6.45) is 1.67. The third kappa shape index (κ3) is 4.15. The summed E-state index contributed by atoms with van der Waals surface area (Å²) in [5.41, 5.74) is 9.20. The van der Waals surface area contributed by atoms with Crippen molar-refractivity contribution in [2.75, 3.05) is 5.32 Å². The second-order valence-electron chi connectivity index (χ2n) is 5.22. The molecule has 0 fully saturated rings. The standard InChI is InChI=1S/C15H24N2O/c1-5-12-9-13(7-6-11(12)4)17-15(18)14(16)8-10(2)3/h6-7,9-10,14H,5,8,16H2,1-4H3,(H,17,18)/t14-/m1/s1. The number of carbonyl (C=O) groups is 1. The van der Waals surface area contributed by atoms with Gasteiger partial charge < -0.3 is 11.1 Å². The van der Waals surface area contributed by atoms with E-state index in [-0.39, 0.29) is 5.91 Å². The summed E-state index contributed by atoms with van der Waals surface area (Å²) in [5, 5.41) is 2.89. The number of hydrogen-bond acceptors (Lipinski definition) is 2. The number of nitrogens with two attached hydrogens (primary N) is 1. The van der Waals surface area contributed by atoms with Crippen molar-refractivity contribution in [1.29, 1.82) is 0 Å². The second-order valence-corrected chi connectivity index (χ2v) is 5.22. The summed E-state index contributed by atoms with van der Waals surface area (Å²) in [6, 6.07) is 5.54. The highest BCUT2D eigenvalue weighted by Crippen LogP contribution is 2.16. The molecule has 1 aromatic rings. The molecule has 0 aliphatic heterocycles. The molecule has 1 aromatic carbocycles. The highest BCUT2D eigenvalue weighted by atomic mass is 16.2. The smallest absolute Gasteiger partial charge is 0.241 e. The average molecular weight is 248 g/mol. The lowest BCUT2D eigenvalue weighted by Crippen LogP contribution is -2.36. The summed E-state index contributed by atoms with van der Waals surface area (Å²) in [7, 11) is 0. The van der Waals surface area contributed by atoms with E-state index >= 15 is 0 Å². The molecular weight excluding hydrogens is 224 g/mol. The number of anilines is 1. The number of nitrogens with one attached hydrogen (secondary N) is 1. The van der Waals surface area contributed by atoms with Gasteiger partial charge in [0.15, 0.2) is 0 Å². The van der Waals surface area contributed by atoms with Crippen LogP contribution >= 0.6 is 0 Å². The number of hydrogen-bond donors (Lipinski definition) is 2. The molecule has 0 aliphatic rings. The van der Waals surface area contributed by atoms with Gasteiger partial charge in [0.2, 0.25) is 5.91 Å². The maximum atomic E-state index is 11.9. The monoisotopic (exact) mass is 248 g/mol. The molecule has 1 rings (SSSR count). The van der Waals surface area contributed by atoms with Gasteiger partial charge in [0.25, 0.3) is 0 Å². The molecular formula is C15H24N2O. The van der Waals surface area contributed by atoms with Crippen molar-refractivity contribution in [3.63, 3.8) is 0 Å². The fraction of sp³-hybridized carbons (Fsp3) is 0.533. The van der Waals surface area contributed by atoms with Gasteiger partial charge in [-0.1, -0.05) is 26.8 Å². The van der Waals surface area contributed by atoms with Gasteiger partial charge in [-0.2, -0.15) is 0 Å². The zero-order chi connectivity index (χ0) is 13.7. The fourth-order valence-electron chi connectivity index (χ4n) is 1.98. The van der Waals surface area contributed by atoms with Crippen LogP contribution in [0.3, 0.4) is 0 Å². The van der Waals surface area contributed by atoms with Crippen LogP contribution in [0.5, 0.6) is 0 Å². The minimum absolute atomic E-state index is 0.102. The zero-order valence-corrected chi connectivity index (χ0v) is 11.8. The van der Waals surface area contributed by atoms with Crippen molar-refractivity contribution in [2.45, 2.75) is 46.6 Å². The largest absolute Gasteiger partial charge is 0.325 e. The van der Waals surface area contributed by atoms with Gasteiger partial charge in [-0.15, -0.1) is 0 Å². The van der Waals surface area contributed by atoms with Crippen molar-refractivity contribution in [1.82, 2.24) is 0 Å². The van der Waals surface area contributed by atoms with E-state index in [2.05, 4.69) is 33.0 Å². The minimum atomic E-state index is -0.434. The Morgan fingerprint density at radius 2 is 2.06 bits per heavy atom. The molecule has 0 heterocycles. The van der Waals surface area contributed by atoms with E-state index in [1.54, 1.807) is 0 Å². The molecule has 18 heavy (non-hydrogen) atoms. The predicted molar refractivity (Wildman–Crippen MR) is 76.6 cm³/mol. The third-order valence-corrected chi connectivity index (χ3v) is 3.06. The average Bonchev–Trinajstić information content (AvgIpc) is 2.30. The molecule has 1 amide bonds. The fourth-order valence-corrected chi connectivity index (χ4v) is 1.98. The third-order valence-electron chi connectivity index (χ3n) is 3.06. The number of aryl methyl sites for hydroxylation is 2. The molecule has 0 saturated carbocycles. The lowest BCUT2D eigenvalue weighted by atomic mass is 10.0. The van der Waals surface area contributed by atoms with Gasteiger partial charge in [-0.3, -0.25) is 4.79 Å². The van der Waals surface area contributed by atoms with E-state index in [0.717, 1.165) is 12.1 Å². The molecule has 0 radical (unpaired) electrons. The summed E-state index contributed by atoms with van der Waals surface area (Å²) in [4.78, 5) is 11.9. The first-order valence-corrected chi connectivity index (χ1v) is 6.60. The van der Waals surface area contributed by atoms with Gasteiger partial charge in [0, 0.05) is 5.69 Å². The van der Waals surface area contributed by atoms with Crippen LogP contribution in [0.15, 0.2) is 18.2 Å². The van der Waals surface area contributed by atoms with Gasteiger partial charge >= 0.3 is 0 Å². The maximum Gasteiger partial charge on any atom is 0.241 e. The number of benzene rings is 1. The topological polar surface area (TPSA) is 55.1 Å². The predicted octanol–water partition coefficient (Wildman–Crippen LogP) is 2.87. The molecule has 100 valence electrons. The van der Waals surface area contributed by atoms with E-state index in [1.165, 1.54) is 11.1 Å². The molecule has 1 atom stereocenters. The van der Waals surface area contributed by atoms with Crippen molar-refractivity contribution < 1.29 is 4.79 Å². The van der Waals surface area contributed by atoms with E-state index in [0.29, 0.717) is 12.3 Å². The molecule has 0 aromatic heterocycles. The number of amides is 1. The van der Waals surface area contributed by atoms with Crippen LogP contribution in [0, 0.1) is 12.8 Å². The molecule has 0 aliphatic carbocycles. The van der Waals surface area contributed by atoms with Gasteiger partial charge in [0.1, 0.15) is 0 Å². The lowest BCUT2D eigenvalue weighted by molar-refractivity contribution is -0.117. The summed E-state index contributed by atoms with van der Waals surface area (Å²) < 4.78 is 0. The van der Waals surface area contributed by atoms with Gasteiger partial charge in [0.05, 0.1) is 6.04 Å². The quantitative estimate of drug-likeness (QED) is 0.842. The van der Waals surface area contributed by atoms with Crippen molar-refractivity contribution in [3.05, 3.63) is 29.3 Å². The van der Waals surface area contributed by atoms with Gasteiger partial charge in [-0.25, -0.2) is 0 Å². The molecule has 0 unspecified atom stereocenters. The lowest BCUT2D eigenvalue weighted by Gasteiger charge is -2.15. The molecule has 3 heteroatoms. The first-order chi connectivity index (χ1) is 8.43. The Hall–Kier alpha value is -1.35. The Balaban J connectivity index is 2.70. The van der Waals surface area contributed by atoms with Crippen molar-refractivity contribution in [3.8, 4) is 0 Å². The van der Waals surface area contributed by atoms with E-state index in [9.17, 15) is 4.79 Å². The van der Waals surface area contributed by atoms with E-state index in [4.69, 9.17) is 5.73 Å². The summed E-state index contributed by atoms with van der Waals surface area (Å²) in [6.45, 7) is 8.32. The normalized spacial score (nSPS) is 12.6. The molecule has 0 saturated heterocycles. The SMILES string of the molecule is CCc1cc(NC(=O)[C@H](N)CC(C)C)ccc1C. The Morgan fingerprint density at radius 1 is 1.39 bits per heavy atom. The van der Waals surface area contributed by atoms with Crippen LogP contribution in [0.4, 0.5) is 5.69 Å². The first kappa shape index (κ1) is 14.7.